The van der Waals surface area contributed by atoms with Gasteiger partial charge < -0.3 is 4.43 Å². The van der Waals surface area contributed by atoms with Gasteiger partial charge in [-0.2, -0.15) is 5.26 Å². The van der Waals surface area contributed by atoms with E-state index in [9.17, 15) is 5.26 Å². The van der Waals surface area contributed by atoms with Crippen molar-refractivity contribution in [2.75, 3.05) is 0 Å². The SMILES string of the molecule is CC(C#N)(O[Si](C)(C)C)c1ccccc1Cl. The molecule has 0 bridgehead atoms. The molecule has 0 spiro atoms. The van der Waals surface area contributed by atoms with E-state index in [2.05, 4.69) is 25.7 Å². The van der Waals surface area contributed by atoms with E-state index >= 15 is 0 Å². The van der Waals surface area contributed by atoms with Crippen LogP contribution in [0.1, 0.15) is 12.5 Å². The molecule has 0 aromatic heterocycles. The number of hydrogen-bond donors (Lipinski definition) is 0. The van der Waals surface area contributed by atoms with E-state index in [4.69, 9.17) is 16.0 Å². The van der Waals surface area contributed by atoms with Crippen molar-refractivity contribution in [1.29, 1.82) is 5.26 Å². The molecule has 86 valence electrons. The van der Waals surface area contributed by atoms with E-state index in [-0.39, 0.29) is 0 Å². The van der Waals surface area contributed by atoms with Gasteiger partial charge in [-0.3, -0.25) is 0 Å². The third-order valence-corrected chi connectivity index (χ3v) is 3.46. The van der Waals surface area contributed by atoms with E-state index in [1.807, 2.05) is 18.2 Å². The highest BCUT2D eigenvalue weighted by atomic mass is 35.5. The van der Waals surface area contributed by atoms with Crippen molar-refractivity contribution in [2.24, 2.45) is 0 Å². The normalized spacial score (nSPS) is 15.2. The molecule has 16 heavy (non-hydrogen) atoms. The minimum atomic E-state index is -1.80. The lowest BCUT2D eigenvalue weighted by atomic mass is 9.98. The van der Waals surface area contributed by atoms with Gasteiger partial charge >= 0.3 is 0 Å². The molecule has 0 saturated carbocycles. The van der Waals surface area contributed by atoms with Gasteiger partial charge in [-0.25, -0.2) is 0 Å². The molecule has 0 aliphatic rings. The zero-order valence-electron chi connectivity index (χ0n) is 10.0. The van der Waals surface area contributed by atoms with Crippen molar-refractivity contribution in [3.05, 3.63) is 34.9 Å². The Morgan fingerprint density at radius 2 is 1.88 bits per heavy atom. The summed E-state index contributed by atoms with van der Waals surface area (Å²) in [5.74, 6) is 0. The predicted molar refractivity (Wildman–Crippen MR) is 68.8 cm³/mol. The van der Waals surface area contributed by atoms with E-state index in [1.54, 1.807) is 13.0 Å². The van der Waals surface area contributed by atoms with Gasteiger partial charge in [0.1, 0.15) is 6.07 Å². The second-order valence-corrected chi connectivity index (χ2v) is 9.68. The number of rotatable bonds is 3. The van der Waals surface area contributed by atoms with Crippen molar-refractivity contribution >= 4 is 19.9 Å². The van der Waals surface area contributed by atoms with Crippen molar-refractivity contribution in [2.45, 2.75) is 32.2 Å². The molecule has 1 aromatic carbocycles. The summed E-state index contributed by atoms with van der Waals surface area (Å²) in [4.78, 5) is 0. The van der Waals surface area contributed by atoms with Crippen LogP contribution in [-0.4, -0.2) is 8.32 Å². The molecule has 1 aromatic rings. The maximum atomic E-state index is 9.32. The van der Waals surface area contributed by atoms with Crippen LogP contribution >= 0.6 is 11.6 Å². The lowest BCUT2D eigenvalue weighted by Crippen LogP contribution is -2.37. The molecule has 2 nitrogen and oxygen atoms in total. The predicted octanol–water partition coefficient (Wildman–Crippen LogP) is 3.93. The van der Waals surface area contributed by atoms with Crippen LogP contribution < -0.4 is 0 Å². The Bertz CT molecular complexity index is 422. The summed E-state index contributed by atoms with van der Waals surface area (Å²) in [6.45, 7) is 7.94. The molecule has 0 aliphatic heterocycles. The largest absolute Gasteiger partial charge is 0.397 e. The van der Waals surface area contributed by atoms with Crippen molar-refractivity contribution in [3.63, 3.8) is 0 Å². The number of nitriles is 1. The lowest BCUT2D eigenvalue weighted by Gasteiger charge is -2.31. The molecule has 0 heterocycles. The van der Waals surface area contributed by atoms with Gasteiger partial charge in [-0.05, 0) is 32.6 Å². The van der Waals surface area contributed by atoms with Gasteiger partial charge in [0.2, 0.25) is 0 Å². The van der Waals surface area contributed by atoms with Crippen LogP contribution in [0, 0.1) is 11.3 Å². The van der Waals surface area contributed by atoms with Gasteiger partial charge in [-0.15, -0.1) is 0 Å². The monoisotopic (exact) mass is 253 g/mol. The van der Waals surface area contributed by atoms with E-state index in [0.717, 1.165) is 5.56 Å². The van der Waals surface area contributed by atoms with Crippen LogP contribution in [0.25, 0.3) is 0 Å². The van der Waals surface area contributed by atoms with E-state index in [1.165, 1.54) is 0 Å². The number of benzene rings is 1. The molecule has 0 radical (unpaired) electrons. The third-order valence-electron chi connectivity index (χ3n) is 2.11. The summed E-state index contributed by atoms with van der Waals surface area (Å²) in [5.41, 5.74) is -0.218. The Morgan fingerprint density at radius 3 is 2.31 bits per heavy atom. The smallest absolute Gasteiger partial charge is 0.186 e. The standard InChI is InChI=1S/C12H16ClNOSi/c1-12(9-14,15-16(2,3)4)10-7-5-6-8-11(10)13/h5-8H,1-4H3. The van der Waals surface area contributed by atoms with Gasteiger partial charge in [0.05, 0.1) is 0 Å². The fourth-order valence-corrected chi connectivity index (χ4v) is 3.29. The topological polar surface area (TPSA) is 33.0 Å². The van der Waals surface area contributed by atoms with Crippen LogP contribution in [0.2, 0.25) is 24.7 Å². The Hall–Kier alpha value is -0.823. The van der Waals surface area contributed by atoms with Gasteiger partial charge in [-0.1, -0.05) is 29.8 Å². The number of hydrogen-bond acceptors (Lipinski definition) is 2. The third kappa shape index (κ3) is 3.08. The molecule has 0 amide bonds. The first-order chi connectivity index (χ1) is 7.28. The highest BCUT2D eigenvalue weighted by Crippen LogP contribution is 2.33. The molecule has 1 rings (SSSR count). The van der Waals surface area contributed by atoms with Crippen LogP contribution in [0.4, 0.5) is 0 Å². The molecule has 4 heteroatoms. The van der Waals surface area contributed by atoms with Crippen LogP contribution in [-0.2, 0) is 10.0 Å². The highest BCUT2D eigenvalue weighted by molar-refractivity contribution is 6.69. The van der Waals surface area contributed by atoms with E-state index < -0.39 is 13.9 Å². The Labute approximate surface area is 103 Å². The van der Waals surface area contributed by atoms with Crippen molar-refractivity contribution < 1.29 is 4.43 Å². The average molecular weight is 254 g/mol. The molecular formula is C12H16ClNOSi. The van der Waals surface area contributed by atoms with Crippen LogP contribution in [0.15, 0.2) is 24.3 Å². The minimum absolute atomic E-state index is 0.574. The van der Waals surface area contributed by atoms with E-state index in [0.29, 0.717) is 5.02 Å². The molecule has 1 atom stereocenters. The maximum absolute atomic E-state index is 9.32. The number of halogens is 1. The molecular weight excluding hydrogens is 238 g/mol. The molecule has 0 aliphatic carbocycles. The summed E-state index contributed by atoms with van der Waals surface area (Å²) < 4.78 is 5.93. The summed E-state index contributed by atoms with van der Waals surface area (Å²) in [5, 5.41) is 9.89. The fraction of sp³-hybridized carbons (Fsp3) is 0.417. The molecule has 1 unspecified atom stereocenters. The van der Waals surface area contributed by atoms with Gasteiger partial charge in [0.15, 0.2) is 13.9 Å². The van der Waals surface area contributed by atoms with Crippen LogP contribution in [0.3, 0.4) is 0 Å². The summed E-state index contributed by atoms with van der Waals surface area (Å²) in [7, 11) is -1.80. The number of nitrogens with zero attached hydrogens (tertiary/aromatic N) is 1. The second kappa shape index (κ2) is 4.58. The maximum Gasteiger partial charge on any atom is 0.186 e. The highest BCUT2D eigenvalue weighted by Gasteiger charge is 2.34. The van der Waals surface area contributed by atoms with Crippen molar-refractivity contribution in [1.82, 2.24) is 0 Å². The zero-order valence-corrected chi connectivity index (χ0v) is 11.8. The van der Waals surface area contributed by atoms with Crippen molar-refractivity contribution in [3.8, 4) is 6.07 Å². The summed E-state index contributed by atoms with van der Waals surface area (Å²) in [6.07, 6.45) is 0. The molecule has 0 saturated heterocycles. The summed E-state index contributed by atoms with van der Waals surface area (Å²) in [6, 6.07) is 9.55. The Kier molecular flexibility index (Phi) is 3.79. The first-order valence-electron chi connectivity index (χ1n) is 5.15. The zero-order chi connectivity index (χ0) is 12.4. The summed E-state index contributed by atoms with van der Waals surface area (Å²) >= 11 is 6.10. The Balaban J connectivity index is 3.17. The quantitative estimate of drug-likeness (QED) is 0.765. The second-order valence-electron chi connectivity index (χ2n) is 4.84. The molecule has 0 fully saturated rings. The van der Waals surface area contributed by atoms with Gasteiger partial charge in [0, 0.05) is 10.6 Å². The Morgan fingerprint density at radius 1 is 1.31 bits per heavy atom. The minimum Gasteiger partial charge on any atom is -0.397 e. The first kappa shape index (κ1) is 13.2. The van der Waals surface area contributed by atoms with Gasteiger partial charge in [0.25, 0.3) is 0 Å². The first-order valence-corrected chi connectivity index (χ1v) is 8.93. The molecule has 0 N–H and O–H groups in total. The average Bonchev–Trinajstić information content (AvgIpc) is 2.15. The lowest BCUT2D eigenvalue weighted by molar-refractivity contribution is 0.141. The van der Waals surface area contributed by atoms with Crippen LogP contribution in [0.5, 0.6) is 0 Å². The fourth-order valence-electron chi connectivity index (χ4n) is 1.60.